The maximum atomic E-state index is 8.46. The molecular weight excluding hydrogens is 208 g/mol. The van der Waals surface area contributed by atoms with Gasteiger partial charge in [0.05, 0.1) is 6.26 Å². The Morgan fingerprint density at radius 1 is 0.647 bits per heavy atom. The third-order valence-corrected chi connectivity index (χ3v) is 2.99. The Labute approximate surface area is 108 Å². The summed E-state index contributed by atoms with van der Waals surface area (Å²) in [6.45, 7) is 2.24. The molecule has 0 aliphatic rings. The summed E-state index contributed by atoms with van der Waals surface area (Å²) in [4.78, 5) is 0. The van der Waals surface area contributed by atoms with E-state index in [2.05, 4.69) is 19.1 Å². The minimum absolute atomic E-state index is 1.02. The normalized spacial score (nSPS) is 11.8. The van der Waals surface area contributed by atoms with Crippen molar-refractivity contribution in [2.24, 2.45) is 0 Å². The van der Waals surface area contributed by atoms with Crippen molar-refractivity contribution in [1.29, 1.82) is 0 Å². The molecule has 0 rings (SSSR count). The van der Waals surface area contributed by atoms with Gasteiger partial charge in [-0.05, 0) is 32.1 Å². The van der Waals surface area contributed by atoms with E-state index in [0.717, 1.165) is 12.7 Å². The molecule has 17 heavy (non-hydrogen) atoms. The van der Waals surface area contributed by atoms with E-state index in [-0.39, 0.29) is 0 Å². The number of rotatable bonds is 12. The second-order valence-electron chi connectivity index (χ2n) is 4.70. The third-order valence-electron chi connectivity index (χ3n) is 2.99. The van der Waals surface area contributed by atoms with Gasteiger partial charge in [-0.3, -0.25) is 0 Å². The van der Waals surface area contributed by atoms with Gasteiger partial charge in [-0.1, -0.05) is 63.7 Å². The molecule has 0 spiro atoms. The quantitative estimate of drug-likeness (QED) is 0.254. The van der Waals surface area contributed by atoms with Crippen molar-refractivity contribution in [2.75, 3.05) is 0 Å². The predicted octanol–water partition coefficient (Wildman–Crippen LogP) is 5.93. The van der Waals surface area contributed by atoms with Gasteiger partial charge in [-0.25, -0.2) is 0 Å². The van der Waals surface area contributed by atoms with Crippen molar-refractivity contribution >= 4 is 0 Å². The average Bonchev–Trinajstić information content (AvgIpc) is 2.35. The monoisotopic (exact) mass is 238 g/mol. The van der Waals surface area contributed by atoms with Crippen molar-refractivity contribution in [3.63, 3.8) is 0 Å². The van der Waals surface area contributed by atoms with Crippen molar-refractivity contribution in [1.82, 2.24) is 0 Å². The van der Waals surface area contributed by atoms with Crippen LogP contribution < -0.4 is 0 Å². The zero-order chi connectivity index (χ0) is 12.6. The fraction of sp³-hybridized carbons (Fsp3) is 0.750. The first-order valence-electron chi connectivity index (χ1n) is 7.36. The molecule has 0 bridgehead atoms. The number of allylic oxidation sites excluding steroid dienone is 3. The Morgan fingerprint density at radius 2 is 1.12 bits per heavy atom. The highest BCUT2D eigenvalue weighted by Gasteiger charge is 1.89. The topological polar surface area (TPSA) is 20.2 Å². The molecule has 0 aromatic carbocycles. The van der Waals surface area contributed by atoms with Crippen molar-refractivity contribution in [3.8, 4) is 0 Å². The Bertz CT molecular complexity index is 182. The van der Waals surface area contributed by atoms with Gasteiger partial charge in [0.25, 0.3) is 0 Å². The van der Waals surface area contributed by atoms with Crippen LogP contribution in [0.25, 0.3) is 0 Å². The van der Waals surface area contributed by atoms with Gasteiger partial charge in [0.2, 0.25) is 0 Å². The van der Waals surface area contributed by atoms with Gasteiger partial charge in [0.1, 0.15) is 0 Å². The molecule has 0 aliphatic carbocycles. The highest BCUT2D eigenvalue weighted by atomic mass is 16.2. The highest BCUT2D eigenvalue weighted by molar-refractivity contribution is 4.81. The maximum Gasteiger partial charge on any atom is 0.0751 e. The zero-order valence-electron chi connectivity index (χ0n) is 11.5. The fourth-order valence-corrected chi connectivity index (χ4v) is 1.86. The van der Waals surface area contributed by atoms with Crippen LogP contribution in [0.5, 0.6) is 0 Å². The van der Waals surface area contributed by atoms with Crippen LogP contribution in [0.15, 0.2) is 24.5 Å². The molecule has 0 amide bonds. The summed E-state index contributed by atoms with van der Waals surface area (Å²) in [5.74, 6) is 0. The van der Waals surface area contributed by atoms with Gasteiger partial charge in [-0.2, -0.15) is 0 Å². The highest BCUT2D eigenvalue weighted by Crippen LogP contribution is 2.09. The van der Waals surface area contributed by atoms with Gasteiger partial charge in [0, 0.05) is 0 Å². The van der Waals surface area contributed by atoms with E-state index in [1.807, 2.05) is 6.08 Å². The lowest BCUT2D eigenvalue weighted by molar-refractivity contribution is 0.469. The molecule has 0 radical (unpaired) electrons. The molecule has 1 heteroatoms. The predicted molar refractivity (Wildman–Crippen MR) is 77.4 cm³/mol. The second-order valence-corrected chi connectivity index (χ2v) is 4.70. The zero-order valence-corrected chi connectivity index (χ0v) is 11.5. The maximum absolute atomic E-state index is 8.46. The van der Waals surface area contributed by atoms with Gasteiger partial charge >= 0.3 is 0 Å². The van der Waals surface area contributed by atoms with Gasteiger partial charge in [0.15, 0.2) is 0 Å². The van der Waals surface area contributed by atoms with E-state index in [0.29, 0.717) is 0 Å². The Kier molecular flexibility index (Phi) is 14.6. The summed E-state index contributed by atoms with van der Waals surface area (Å²) in [6.07, 6.45) is 21.8. The number of aliphatic hydroxyl groups is 1. The van der Waals surface area contributed by atoms with E-state index in [1.54, 1.807) is 0 Å². The van der Waals surface area contributed by atoms with Crippen LogP contribution in [0.3, 0.4) is 0 Å². The van der Waals surface area contributed by atoms with Crippen LogP contribution in [0.1, 0.15) is 77.6 Å². The molecule has 100 valence electrons. The summed E-state index contributed by atoms with van der Waals surface area (Å²) >= 11 is 0. The molecule has 0 aliphatic heterocycles. The SMILES string of the molecule is CCCC/C=C\CCCCCCCC/C=C\O. The summed E-state index contributed by atoms with van der Waals surface area (Å²) in [5.41, 5.74) is 0. The summed E-state index contributed by atoms with van der Waals surface area (Å²) in [7, 11) is 0. The first-order valence-corrected chi connectivity index (χ1v) is 7.36. The average molecular weight is 238 g/mol. The minimum atomic E-state index is 1.02. The van der Waals surface area contributed by atoms with Crippen molar-refractivity contribution in [3.05, 3.63) is 24.5 Å². The smallest absolute Gasteiger partial charge is 0.0751 e. The molecule has 0 fully saturated rings. The van der Waals surface area contributed by atoms with Crippen LogP contribution in [0.4, 0.5) is 0 Å². The third kappa shape index (κ3) is 15.3. The van der Waals surface area contributed by atoms with E-state index in [1.165, 1.54) is 64.2 Å². The Morgan fingerprint density at radius 3 is 1.65 bits per heavy atom. The molecule has 0 atom stereocenters. The standard InChI is InChI=1S/C16H30O/c1-2-3-4-5-6-7-8-9-10-11-12-13-14-15-16-17/h5-6,15-17H,2-4,7-14H2,1H3/b6-5-,16-15-. The molecule has 0 saturated heterocycles. The number of unbranched alkanes of at least 4 members (excludes halogenated alkanes) is 9. The molecule has 0 heterocycles. The number of hydrogen-bond donors (Lipinski definition) is 1. The summed E-state index contributed by atoms with van der Waals surface area (Å²) in [5, 5.41) is 8.46. The first kappa shape index (κ1) is 16.3. The summed E-state index contributed by atoms with van der Waals surface area (Å²) < 4.78 is 0. The molecule has 0 aromatic rings. The van der Waals surface area contributed by atoms with Gasteiger partial charge in [-0.15, -0.1) is 0 Å². The summed E-state index contributed by atoms with van der Waals surface area (Å²) in [6, 6.07) is 0. The molecule has 1 N–H and O–H groups in total. The van der Waals surface area contributed by atoms with Crippen LogP contribution in [0, 0.1) is 0 Å². The first-order chi connectivity index (χ1) is 8.41. The molecule has 0 saturated carbocycles. The Balaban J connectivity index is 3.00. The van der Waals surface area contributed by atoms with Crippen LogP contribution in [0.2, 0.25) is 0 Å². The number of aliphatic hydroxyl groups excluding tert-OH is 1. The largest absolute Gasteiger partial charge is 0.516 e. The van der Waals surface area contributed by atoms with Gasteiger partial charge < -0.3 is 5.11 Å². The fourth-order valence-electron chi connectivity index (χ4n) is 1.86. The molecular formula is C16H30O. The lowest BCUT2D eigenvalue weighted by Crippen LogP contribution is -1.79. The van der Waals surface area contributed by atoms with E-state index >= 15 is 0 Å². The van der Waals surface area contributed by atoms with E-state index in [9.17, 15) is 0 Å². The van der Waals surface area contributed by atoms with Crippen LogP contribution in [-0.4, -0.2) is 5.11 Å². The molecule has 1 nitrogen and oxygen atoms in total. The molecule has 0 unspecified atom stereocenters. The lowest BCUT2D eigenvalue weighted by atomic mass is 10.1. The van der Waals surface area contributed by atoms with Crippen molar-refractivity contribution < 1.29 is 5.11 Å². The minimum Gasteiger partial charge on any atom is -0.516 e. The Hall–Kier alpha value is -0.720. The molecule has 0 aromatic heterocycles. The van der Waals surface area contributed by atoms with Crippen LogP contribution in [-0.2, 0) is 0 Å². The second kappa shape index (κ2) is 15.3. The lowest BCUT2D eigenvalue weighted by Gasteiger charge is -1.99. The number of hydrogen-bond acceptors (Lipinski definition) is 1. The van der Waals surface area contributed by atoms with E-state index < -0.39 is 0 Å². The van der Waals surface area contributed by atoms with Crippen molar-refractivity contribution in [2.45, 2.75) is 77.6 Å². The van der Waals surface area contributed by atoms with E-state index in [4.69, 9.17) is 5.11 Å². The van der Waals surface area contributed by atoms with Crippen LogP contribution >= 0.6 is 0 Å².